The first kappa shape index (κ1) is 57.9. The summed E-state index contributed by atoms with van der Waals surface area (Å²) in [7, 11) is 1.96. The molecule has 9 fully saturated rings. The highest BCUT2D eigenvalue weighted by atomic mass is 16.5. The maximum absolute atomic E-state index is 15.6. The van der Waals surface area contributed by atoms with Crippen LogP contribution in [0.25, 0.3) is 0 Å². The molecule has 23 atom stereocenters. The molecule has 464 valence electrons. The Bertz CT molecular complexity index is 3360. The Hall–Kier alpha value is -4.18. The molecule has 3 spiro atoms. The van der Waals surface area contributed by atoms with E-state index in [0.717, 1.165) is 106 Å². The lowest BCUT2D eigenvalue weighted by molar-refractivity contribution is -0.385. The van der Waals surface area contributed by atoms with Crippen LogP contribution in [0, 0.1) is 105 Å². The minimum Gasteiger partial charge on any atom is -0.454 e. The Morgan fingerprint density at radius 1 is 0.782 bits per heavy atom. The van der Waals surface area contributed by atoms with E-state index in [1.807, 2.05) is 19.2 Å². The van der Waals surface area contributed by atoms with Gasteiger partial charge in [-0.3, -0.25) is 0 Å². The molecular formula is C77H97NO9. The van der Waals surface area contributed by atoms with Crippen LogP contribution in [0.15, 0.2) is 72.3 Å². The number of hydrogen-bond donors (Lipinski definition) is 7. The van der Waals surface area contributed by atoms with E-state index < -0.39 is 86.4 Å². The molecule has 23 unspecified atom stereocenters. The number of hydrogen-bond acceptors (Lipinski definition) is 10. The summed E-state index contributed by atoms with van der Waals surface area (Å²) >= 11 is 0. The van der Waals surface area contributed by atoms with Gasteiger partial charge in [-0.25, -0.2) is 4.79 Å². The highest BCUT2D eigenvalue weighted by Crippen LogP contribution is 2.80. The molecule has 3 aromatic carbocycles. The zero-order chi connectivity index (χ0) is 59.8. The molecule has 0 radical (unpaired) electrons. The molecule has 0 saturated heterocycles. The minimum atomic E-state index is -2.28. The molecular weight excluding hydrogens is 1080 g/mol. The Labute approximate surface area is 516 Å². The molecule has 10 nitrogen and oxygen atoms in total. The standard InChI is InChI=1S/C77H97NO9/c1-4-56-50-14-7-10-45(30-50)18-19-46-24-28-72(36-46)42-74(43-80)65-26-29-73-41-71(37-52-20-22-57-51(31-54(52)38-71)15-9-17-58(56)57)27-25-48-13-8-16-53(40-79)59(48)34-64(78-3)60-32-55(67(73)61-35-66(81)87-68(60)61)39-75(73,84)77(65,86)70(83)63-33-49(44(2)47-11-5-6-12-47)21-23-62(69(72)82)76(63,74)85/h7-10,13-17,30,35,43-44,46-47,49,52,54-56,60,62-65,67-70,78-79,82-86H,4-6,11-12,18-24,26,28-29,31-34,36-42H2,1-3H3. The second kappa shape index (κ2) is 20.7. The topological polar surface area (TPSA) is 177 Å². The number of benzene rings is 3. The fourth-order valence-corrected chi connectivity index (χ4v) is 25.8. The number of fused-ring (bicyclic) bond motifs is 1. The molecule has 1 aliphatic heterocycles. The number of nitrogens with one attached hydrogen (secondary N) is 1. The van der Waals surface area contributed by atoms with E-state index in [1.165, 1.54) is 40.7 Å². The van der Waals surface area contributed by atoms with Crippen molar-refractivity contribution < 1.29 is 45.0 Å². The minimum absolute atomic E-state index is 0.0626. The number of rotatable bonds is 6. The Morgan fingerprint density at radius 3 is 2.40 bits per heavy atom. The third-order valence-corrected chi connectivity index (χ3v) is 29.3. The molecule has 3 aromatic rings. The van der Waals surface area contributed by atoms with Crippen molar-refractivity contribution in [1.82, 2.24) is 5.32 Å². The first-order valence-corrected chi connectivity index (χ1v) is 35.0. The average Bonchev–Trinajstić information content (AvgIpc) is 1.64. The molecule has 9 saturated carbocycles. The lowest BCUT2D eigenvalue weighted by Gasteiger charge is -2.75. The summed E-state index contributed by atoms with van der Waals surface area (Å²) in [6.07, 6.45) is 18.1. The SMILES string of the molecule is CCC1c2cccc(c2)CCC2CCC3(C2)CC2(C=O)C4CCC56CC7(C#Cc8cccc(CO)c8CC(NC)C8CC(CC5(O)C4(O)C(O)C4CC(C(C)C5CCCC5)CCC(C3O)C42O)C6C2=CC(=O)OC28)CC2CCc3c(cccc31)CC2C7. The lowest BCUT2D eigenvalue weighted by atomic mass is 9.32. The summed E-state index contributed by atoms with van der Waals surface area (Å²) < 4.78 is 6.60. The quantitative estimate of drug-likeness (QED) is 0.0714. The van der Waals surface area contributed by atoms with Crippen LogP contribution in [-0.2, 0) is 46.6 Å². The summed E-state index contributed by atoms with van der Waals surface area (Å²) in [4.78, 5) is 30.0. The van der Waals surface area contributed by atoms with Crippen molar-refractivity contribution in [3.8, 4) is 11.8 Å². The van der Waals surface area contributed by atoms with Crippen LogP contribution in [0.3, 0.4) is 0 Å². The van der Waals surface area contributed by atoms with E-state index in [1.54, 1.807) is 6.08 Å². The van der Waals surface area contributed by atoms with E-state index in [0.29, 0.717) is 63.2 Å². The van der Waals surface area contributed by atoms with Crippen molar-refractivity contribution in [3.05, 3.63) is 117 Å². The van der Waals surface area contributed by atoms with Crippen LogP contribution in [0.1, 0.15) is 199 Å². The molecule has 19 rings (SSSR count). The number of aliphatic hydroxyl groups is 6. The average molecular weight is 1180 g/mol. The van der Waals surface area contributed by atoms with Crippen molar-refractivity contribution in [3.63, 3.8) is 0 Å². The van der Waals surface area contributed by atoms with Gasteiger partial charge >= 0.3 is 5.97 Å². The van der Waals surface area contributed by atoms with Crippen LogP contribution < -0.4 is 5.32 Å². The third kappa shape index (κ3) is 7.97. The molecule has 7 N–H and O–H groups in total. The largest absolute Gasteiger partial charge is 0.454 e. The molecule has 87 heavy (non-hydrogen) atoms. The Kier molecular flexibility index (Phi) is 13.8. The lowest BCUT2D eigenvalue weighted by Crippen LogP contribution is -2.86. The number of ether oxygens (including phenoxy) is 1. The van der Waals surface area contributed by atoms with Gasteiger partial charge in [-0.15, -0.1) is 0 Å². The number of aldehydes is 1. The second-order valence-electron chi connectivity index (χ2n) is 32.3. The predicted octanol–water partition coefficient (Wildman–Crippen LogP) is 10.8. The van der Waals surface area contributed by atoms with Gasteiger partial charge in [0, 0.05) is 58.1 Å². The summed E-state index contributed by atoms with van der Waals surface area (Å²) in [6, 6.07) is 22.3. The summed E-state index contributed by atoms with van der Waals surface area (Å²) in [5.74, 6) is 5.91. The van der Waals surface area contributed by atoms with Crippen LogP contribution in [0.4, 0.5) is 0 Å². The van der Waals surface area contributed by atoms with E-state index in [4.69, 9.17) is 4.74 Å². The number of esters is 1. The monoisotopic (exact) mass is 1180 g/mol. The normalized spacial score (nSPS) is 46.7. The van der Waals surface area contributed by atoms with Gasteiger partial charge in [0.15, 0.2) is 0 Å². The maximum atomic E-state index is 15.6. The maximum Gasteiger partial charge on any atom is 0.331 e. The van der Waals surface area contributed by atoms with Gasteiger partial charge in [0.2, 0.25) is 0 Å². The Morgan fingerprint density at radius 2 is 1.60 bits per heavy atom. The summed E-state index contributed by atoms with van der Waals surface area (Å²) in [5, 5.41) is 88.4. The zero-order valence-electron chi connectivity index (χ0n) is 52.0. The van der Waals surface area contributed by atoms with Gasteiger partial charge in [0.25, 0.3) is 0 Å². The number of aryl methyl sites for hydroxylation is 1. The molecule has 0 aromatic heterocycles. The number of carbonyl (C=O) groups excluding carboxylic acids is 2. The fraction of sp³-hybridized carbons (Fsp3) is 0.688. The van der Waals surface area contributed by atoms with E-state index in [-0.39, 0.29) is 73.3 Å². The number of aliphatic hydroxyl groups excluding tert-OH is 3. The van der Waals surface area contributed by atoms with Crippen molar-refractivity contribution >= 4 is 12.3 Å². The first-order chi connectivity index (χ1) is 42.0. The molecule has 10 heteroatoms. The molecule has 15 aliphatic carbocycles. The van der Waals surface area contributed by atoms with Gasteiger partial charge in [-0.2, -0.15) is 0 Å². The van der Waals surface area contributed by atoms with Crippen molar-refractivity contribution in [1.29, 1.82) is 0 Å². The van der Waals surface area contributed by atoms with Gasteiger partial charge in [0.1, 0.15) is 23.6 Å². The first-order valence-electron chi connectivity index (χ1n) is 35.0. The Balaban J connectivity index is 0.939. The van der Waals surface area contributed by atoms with E-state index in [9.17, 15) is 25.2 Å². The fourth-order valence-electron chi connectivity index (χ4n) is 25.8. The van der Waals surface area contributed by atoms with Gasteiger partial charge in [-0.05, 0) is 245 Å². The van der Waals surface area contributed by atoms with Crippen molar-refractivity contribution in [2.75, 3.05) is 7.05 Å². The predicted molar refractivity (Wildman–Crippen MR) is 332 cm³/mol. The highest BCUT2D eigenvalue weighted by Gasteiger charge is 2.87. The van der Waals surface area contributed by atoms with Gasteiger partial charge < -0.3 is 45.5 Å². The van der Waals surface area contributed by atoms with E-state index >= 15 is 15.0 Å². The molecule has 16 aliphatic rings. The molecule has 0 amide bonds. The van der Waals surface area contributed by atoms with Crippen LogP contribution >= 0.6 is 0 Å². The summed E-state index contributed by atoms with van der Waals surface area (Å²) in [6.45, 7) is 4.56. The zero-order valence-corrected chi connectivity index (χ0v) is 52.0. The van der Waals surface area contributed by atoms with Gasteiger partial charge in [0.05, 0.1) is 29.8 Å². The number of carbonyl (C=O) groups is 2. The smallest absolute Gasteiger partial charge is 0.331 e. The molecule has 1 heterocycles. The summed E-state index contributed by atoms with van der Waals surface area (Å²) in [5.41, 5.74) is 0.281. The van der Waals surface area contributed by atoms with E-state index in [2.05, 4.69) is 79.5 Å². The van der Waals surface area contributed by atoms with Crippen LogP contribution in [0.5, 0.6) is 0 Å². The van der Waals surface area contributed by atoms with Gasteiger partial charge in [-0.1, -0.05) is 106 Å². The third-order valence-electron chi connectivity index (χ3n) is 29.3. The van der Waals surface area contributed by atoms with Crippen molar-refractivity contribution in [2.24, 2.45) is 92.7 Å². The van der Waals surface area contributed by atoms with Crippen LogP contribution in [0.2, 0.25) is 0 Å². The van der Waals surface area contributed by atoms with Crippen LogP contribution in [-0.4, -0.2) is 91.1 Å². The number of likely N-dealkylation sites (N-methyl/N-ethyl adjacent to an activating group) is 1. The highest BCUT2D eigenvalue weighted by molar-refractivity contribution is 5.86. The molecule has 17 bridgehead atoms. The van der Waals surface area contributed by atoms with Crippen molar-refractivity contribution in [2.45, 2.75) is 228 Å². The second-order valence-corrected chi connectivity index (χ2v) is 32.3.